The molecule has 5 heteroatoms. The Morgan fingerprint density at radius 3 is 1.69 bits per heavy atom. The molecule has 1 aromatic heterocycles. The van der Waals surface area contributed by atoms with Gasteiger partial charge in [-0.05, 0) is 84.8 Å². The van der Waals surface area contributed by atoms with Gasteiger partial charge in [-0.1, -0.05) is 200 Å². The summed E-state index contributed by atoms with van der Waals surface area (Å²) in [5.41, 5.74) is 11.0. The SMILES string of the molecule is c1ccc(-c2nc(-c3ccc4c(ccc5ccccc54)c3)nc(-c3ccccc3-c3ccc4c(c3)Oc3ccc5c(c3O4)-c3ccccc3C5(c3ccccc3)c3ccccc3)n2)cc1. The Morgan fingerprint density at radius 2 is 0.908 bits per heavy atom. The van der Waals surface area contributed by atoms with Gasteiger partial charge in [0.25, 0.3) is 0 Å². The number of fused-ring (bicyclic) bond motifs is 9. The van der Waals surface area contributed by atoms with Crippen molar-refractivity contribution < 1.29 is 9.47 Å². The Labute approximate surface area is 375 Å². The molecule has 0 fully saturated rings. The van der Waals surface area contributed by atoms with Crippen molar-refractivity contribution in [1.82, 2.24) is 15.0 Å². The van der Waals surface area contributed by atoms with Gasteiger partial charge in [0, 0.05) is 22.3 Å². The van der Waals surface area contributed by atoms with Crippen LogP contribution in [0.4, 0.5) is 0 Å². The maximum Gasteiger partial charge on any atom is 0.178 e. The second kappa shape index (κ2) is 14.7. The van der Waals surface area contributed by atoms with Gasteiger partial charge < -0.3 is 9.47 Å². The van der Waals surface area contributed by atoms with E-state index in [0.717, 1.165) is 55.6 Å². The van der Waals surface area contributed by atoms with E-state index in [1.807, 2.05) is 48.5 Å². The number of nitrogens with zero attached hydrogens (tertiary/aromatic N) is 3. The van der Waals surface area contributed by atoms with Crippen LogP contribution >= 0.6 is 0 Å². The zero-order valence-electron chi connectivity index (χ0n) is 35.0. The van der Waals surface area contributed by atoms with Crippen molar-refractivity contribution in [3.63, 3.8) is 0 Å². The van der Waals surface area contributed by atoms with Crippen molar-refractivity contribution in [3.05, 3.63) is 247 Å². The second-order valence-corrected chi connectivity index (χ2v) is 16.6. The van der Waals surface area contributed by atoms with Gasteiger partial charge in [-0.3, -0.25) is 0 Å². The molecule has 0 saturated heterocycles. The third kappa shape index (κ3) is 5.83. The van der Waals surface area contributed by atoms with Crippen LogP contribution in [0.15, 0.2) is 224 Å². The Morgan fingerprint density at radius 1 is 0.323 bits per heavy atom. The fourth-order valence-corrected chi connectivity index (χ4v) is 10.2. The number of aromatic nitrogens is 3. The van der Waals surface area contributed by atoms with Crippen molar-refractivity contribution in [1.29, 1.82) is 0 Å². The lowest BCUT2D eigenvalue weighted by Crippen LogP contribution is -2.28. The van der Waals surface area contributed by atoms with Crippen LogP contribution in [0.2, 0.25) is 0 Å². The van der Waals surface area contributed by atoms with Crippen LogP contribution in [0.5, 0.6) is 23.0 Å². The van der Waals surface area contributed by atoms with Crippen molar-refractivity contribution in [2.45, 2.75) is 5.41 Å². The lowest BCUT2D eigenvalue weighted by molar-refractivity contribution is 0.360. The molecule has 0 radical (unpaired) electrons. The van der Waals surface area contributed by atoms with Gasteiger partial charge in [0.2, 0.25) is 0 Å². The summed E-state index contributed by atoms with van der Waals surface area (Å²) in [5, 5.41) is 4.75. The summed E-state index contributed by atoms with van der Waals surface area (Å²) in [6, 6.07) is 78.4. The summed E-state index contributed by atoms with van der Waals surface area (Å²) in [6.07, 6.45) is 0. The Bertz CT molecular complexity index is 3620. The molecule has 11 aromatic rings. The molecule has 0 saturated carbocycles. The van der Waals surface area contributed by atoms with Crippen LogP contribution in [0.1, 0.15) is 22.3 Å². The summed E-state index contributed by atoms with van der Waals surface area (Å²) in [4.78, 5) is 15.4. The molecule has 0 spiro atoms. The maximum atomic E-state index is 6.97. The fraction of sp³-hybridized carbons (Fsp3) is 0.0167. The van der Waals surface area contributed by atoms with Crippen molar-refractivity contribution in [2.75, 3.05) is 0 Å². The average molecular weight is 832 g/mol. The predicted octanol–water partition coefficient (Wildman–Crippen LogP) is 15.1. The van der Waals surface area contributed by atoms with E-state index in [9.17, 15) is 0 Å². The van der Waals surface area contributed by atoms with E-state index < -0.39 is 5.41 Å². The van der Waals surface area contributed by atoms with Crippen LogP contribution in [0, 0.1) is 0 Å². The minimum Gasteiger partial charge on any atom is -0.449 e. The molecule has 2 aliphatic rings. The predicted molar refractivity (Wildman–Crippen MR) is 260 cm³/mol. The Kier molecular flexibility index (Phi) is 8.36. The van der Waals surface area contributed by atoms with Crippen molar-refractivity contribution in [2.24, 2.45) is 0 Å². The molecule has 2 heterocycles. The normalized spacial score (nSPS) is 13.0. The molecule has 304 valence electrons. The van der Waals surface area contributed by atoms with Crippen molar-refractivity contribution in [3.8, 4) is 79.4 Å². The first-order valence-electron chi connectivity index (χ1n) is 21.9. The molecule has 0 amide bonds. The molecule has 0 unspecified atom stereocenters. The van der Waals surface area contributed by atoms with Gasteiger partial charge in [0.15, 0.2) is 40.5 Å². The summed E-state index contributed by atoms with van der Waals surface area (Å²) in [5.74, 6) is 4.48. The zero-order chi connectivity index (χ0) is 42.9. The summed E-state index contributed by atoms with van der Waals surface area (Å²) in [6.45, 7) is 0. The third-order valence-electron chi connectivity index (χ3n) is 13.1. The first-order chi connectivity index (χ1) is 32.2. The number of hydrogen-bond donors (Lipinski definition) is 0. The Balaban J connectivity index is 0.912. The molecule has 10 aromatic carbocycles. The van der Waals surface area contributed by atoms with Crippen molar-refractivity contribution >= 4 is 21.5 Å². The van der Waals surface area contributed by atoms with Crippen LogP contribution in [-0.2, 0) is 5.41 Å². The number of benzene rings is 10. The highest BCUT2D eigenvalue weighted by Crippen LogP contribution is 2.62. The summed E-state index contributed by atoms with van der Waals surface area (Å²) in [7, 11) is 0. The van der Waals surface area contributed by atoms with E-state index >= 15 is 0 Å². The van der Waals surface area contributed by atoms with E-state index in [1.165, 1.54) is 32.8 Å². The van der Waals surface area contributed by atoms with E-state index in [1.54, 1.807) is 0 Å². The third-order valence-corrected chi connectivity index (χ3v) is 13.1. The first kappa shape index (κ1) is 36.9. The lowest BCUT2D eigenvalue weighted by Gasteiger charge is -2.34. The van der Waals surface area contributed by atoms with Gasteiger partial charge >= 0.3 is 0 Å². The van der Waals surface area contributed by atoms with E-state index in [4.69, 9.17) is 24.4 Å². The van der Waals surface area contributed by atoms with Gasteiger partial charge in [0.05, 0.1) is 5.41 Å². The first-order valence-corrected chi connectivity index (χ1v) is 21.9. The fourth-order valence-electron chi connectivity index (χ4n) is 10.2. The van der Waals surface area contributed by atoms with E-state index in [0.29, 0.717) is 34.7 Å². The maximum absolute atomic E-state index is 6.97. The highest BCUT2D eigenvalue weighted by atomic mass is 16.6. The molecule has 13 rings (SSSR count). The molecule has 0 N–H and O–H groups in total. The topological polar surface area (TPSA) is 57.1 Å². The Hall–Kier alpha value is -8.67. The standard InChI is InChI=1S/C60H37N3O2/c1-4-17-39(18-5-1)57-61-58(42-30-32-47-40(36-42)29-28-38-16-10-11-23-45(38)47)63-59(62-57)48-25-13-12-24-46(48)41-31-34-52-54(37-41)64-53-35-33-51-55(56(53)65-52)49-26-14-15-27-50(49)60(51,43-19-6-2-7-20-43)44-21-8-3-9-22-44/h1-37H. The zero-order valence-corrected chi connectivity index (χ0v) is 35.0. The van der Waals surface area contributed by atoms with Crippen LogP contribution in [0.3, 0.4) is 0 Å². The molecule has 1 aliphatic carbocycles. The molecule has 0 atom stereocenters. The molecular weight excluding hydrogens is 795 g/mol. The molecule has 5 nitrogen and oxygen atoms in total. The number of ether oxygens (including phenoxy) is 2. The van der Waals surface area contributed by atoms with E-state index in [2.05, 4.69) is 176 Å². The minimum absolute atomic E-state index is 0.543. The highest BCUT2D eigenvalue weighted by molar-refractivity contribution is 6.08. The number of rotatable bonds is 6. The average Bonchev–Trinajstić information content (AvgIpc) is 3.70. The number of hydrogen-bond acceptors (Lipinski definition) is 5. The summed E-state index contributed by atoms with van der Waals surface area (Å²) >= 11 is 0. The molecule has 0 bridgehead atoms. The van der Waals surface area contributed by atoms with Gasteiger partial charge in [-0.15, -0.1) is 0 Å². The van der Waals surface area contributed by atoms with Gasteiger partial charge in [-0.2, -0.15) is 0 Å². The largest absolute Gasteiger partial charge is 0.449 e. The van der Waals surface area contributed by atoms with E-state index in [-0.39, 0.29) is 0 Å². The second-order valence-electron chi connectivity index (χ2n) is 16.6. The van der Waals surface area contributed by atoms with Crippen LogP contribution in [-0.4, -0.2) is 15.0 Å². The molecule has 1 aliphatic heterocycles. The quantitative estimate of drug-likeness (QED) is 0.156. The monoisotopic (exact) mass is 831 g/mol. The lowest BCUT2D eigenvalue weighted by atomic mass is 9.68. The highest BCUT2D eigenvalue weighted by Gasteiger charge is 2.48. The molecule has 65 heavy (non-hydrogen) atoms. The smallest absolute Gasteiger partial charge is 0.178 e. The summed E-state index contributed by atoms with van der Waals surface area (Å²) < 4.78 is 13.8. The van der Waals surface area contributed by atoms with Gasteiger partial charge in [-0.25, -0.2) is 15.0 Å². The van der Waals surface area contributed by atoms with Gasteiger partial charge in [0.1, 0.15) is 0 Å². The van der Waals surface area contributed by atoms with Crippen LogP contribution in [0.25, 0.3) is 78.0 Å². The minimum atomic E-state index is -0.543. The van der Waals surface area contributed by atoms with Crippen LogP contribution < -0.4 is 9.47 Å². The molecular formula is C60H37N3O2.